The number of nitrogens with one attached hydrogen (secondary N) is 1. The van der Waals surface area contributed by atoms with E-state index in [0.717, 1.165) is 5.69 Å². The van der Waals surface area contributed by atoms with Crippen LogP contribution in [0.2, 0.25) is 0 Å². The minimum atomic E-state index is -0.435. The predicted molar refractivity (Wildman–Crippen MR) is 110 cm³/mol. The number of nitro benzene ring substituents is 1. The third-order valence-electron chi connectivity index (χ3n) is 4.91. The Morgan fingerprint density at radius 3 is 2.17 bits per heavy atom. The molecule has 1 N–H and O–H groups in total. The van der Waals surface area contributed by atoms with Crippen LogP contribution in [0.5, 0.6) is 0 Å². The summed E-state index contributed by atoms with van der Waals surface area (Å²) in [6, 6.07) is 15.4. The molecule has 0 aliphatic carbocycles. The third kappa shape index (κ3) is 5.54. The zero-order chi connectivity index (χ0) is 20.6. The van der Waals surface area contributed by atoms with E-state index in [1.807, 2.05) is 18.2 Å². The molecule has 1 saturated heterocycles. The molecule has 8 heteroatoms. The average molecular weight is 396 g/mol. The van der Waals surface area contributed by atoms with Gasteiger partial charge in [0, 0.05) is 62.5 Å². The Morgan fingerprint density at radius 1 is 0.931 bits per heavy atom. The number of carbonyl (C=O) groups is 2. The van der Waals surface area contributed by atoms with Gasteiger partial charge in [-0.1, -0.05) is 18.2 Å². The fourth-order valence-electron chi connectivity index (χ4n) is 3.25. The Hall–Kier alpha value is -3.42. The summed E-state index contributed by atoms with van der Waals surface area (Å²) in [6.45, 7) is 2.79. The molecule has 0 spiro atoms. The molecular formula is C21H24N4O4. The zero-order valence-electron chi connectivity index (χ0n) is 16.1. The largest absolute Gasteiger partial charge is 0.385 e. The molecule has 1 fully saturated rings. The van der Waals surface area contributed by atoms with E-state index < -0.39 is 4.92 Å². The van der Waals surface area contributed by atoms with Crippen molar-refractivity contribution in [1.82, 2.24) is 9.80 Å². The standard InChI is InChI=1S/C21H24N4O4/c26-20(7-4-12-22-18-8-10-19(11-9-18)25(28)29)23-13-15-24(16-14-23)21(27)17-5-2-1-3-6-17/h1-3,5-6,8-11,22H,4,7,12-16H2. The molecule has 1 aliphatic heterocycles. The van der Waals surface area contributed by atoms with Crippen LogP contribution < -0.4 is 5.32 Å². The summed E-state index contributed by atoms with van der Waals surface area (Å²) in [5.74, 6) is 0.0901. The normalized spacial score (nSPS) is 13.8. The third-order valence-corrected chi connectivity index (χ3v) is 4.91. The number of rotatable bonds is 7. The van der Waals surface area contributed by atoms with Gasteiger partial charge in [-0.2, -0.15) is 0 Å². The quantitative estimate of drug-likeness (QED) is 0.441. The van der Waals surface area contributed by atoms with Gasteiger partial charge in [0.25, 0.3) is 11.6 Å². The lowest BCUT2D eigenvalue weighted by Crippen LogP contribution is -2.50. The lowest BCUT2D eigenvalue weighted by Gasteiger charge is -2.35. The van der Waals surface area contributed by atoms with Crippen molar-refractivity contribution in [3.8, 4) is 0 Å². The topological polar surface area (TPSA) is 95.8 Å². The van der Waals surface area contributed by atoms with E-state index >= 15 is 0 Å². The van der Waals surface area contributed by atoms with Gasteiger partial charge in [-0.3, -0.25) is 19.7 Å². The number of piperazine rings is 1. The summed E-state index contributed by atoms with van der Waals surface area (Å²) < 4.78 is 0. The van der Waals surface area contributed by atoms with Crippen molar-refractivity contribution in [3.63, 3.8) is 0 Å². The minimum Gasteiger partial charge on any atom is -0.385 e. The summed E-state index contributed by atoms with van der Waals surface area (Å²) in [4.78, 5) is 38.7. The highest BCUT2D eigenvalue weighted by atomic mass is 16.6. The zero-order valence-corrected chi connectivity index (χ0v) is 16.1. The average Bonchev–Trinajstić information content (AvgIpc) is 2.77. The number of carbonyl (C=O) groups excluding carboxylic acids is 2. The number of nitro groups is 1. The van der Waals surface area contributed by atoms with E-state index in [1.54, 1.807) is 34.1 Å². The van der Waals surface area contributed by atoms with Crippen LogP contribution >= 0.6 is 0 Å². The molecule has 3 rings (SSSR count). The van der Waals surface area contributed by atoms with E-state index in [2.05, 4.69) is 5.32 Å². The Kier molecular flexibility index (Phi) is 6.78. The van der Waals surface area contributed by atoms with Gasteiger partial charge >= 0.3 is 0 Å². The van der Waals surface area contributed by atoms with Crippen LogP contribution in [-0.4, -0.2) is 59.3 Å². The van der Waals surface area contributed by atoms with E-state index in [4.69, 9.17) is 0 Å². The molecule has 0 unspecified atom stereocenters. The molecule has 0 radical (unpaired) electrons. The molecule has 0 aromatic heterocycles. The summed E-state index contributed by atoms with van der Waals surface area (Å²) in [5, 5.41) is 13.8. The second kappa shape index (κ2) is 9.68. The molecule has 1 heterocycles. The van der Waals surface area contributed by atoms with E-state index in [-0.39, 0.29) is 17.5 Å². The highest BCUT2D eigenvalue weighted by Gasteiger charge is 2.24. The lowest BCUT2D eigenvalue weighted by atomic mass is 10.1. The van der Waals surface area contributed by atoms with E-state index in [1.165, 1.54) is 12.1 Å². The number of nitrogens with zero attached hydrogens (tertiary/aromatic N) is 3. The Labute approximate surface area is 169 Å². The summed E-state index contributed by atoms with van der Waals surface area (Å²) >= 11 is 0. The van der Waals surface area contributed by atoms with Gasteiger partial charge in [0.1, 0.15) is 0 Å². The molecule has 0 atom stereocenters. The summed E-state index contributed by atoms with van der Waals surface area (Å²) in [6.07, 6.45) is 1.09. The van der Waals surface area contributed by atoms with Crippen LogP contribution in [0.25, 0.3) is 0 Å². The van der Waals surface area contributed by atoms with Crippen molar-refractivity contribution in [1.29, 1.82) is 0 Å². The smallest absolute Gasteiger partial charge is 0.269 e. The number of benzene rings is 2. The van der Waals surface area contributed by atoms with Crippen LogP contribution in [0.1, 0.15) is 23.2 Å². The van der Waals surface area contributed by atoms with E-state index in [9.17, 15) is 19.7 Å². The van der Waals surface area contributed by atoms with Crippen LogP contribution in [0.15, 0.2) is 54.6 Å². The maximum Gasteiger partial charge on any atom is 0.269 e. The maximum absolute atomic E-state index is 12.5. The predicted octanol–water partition coefficient (Wildman–Crippen LogP) is 2.77. The van der Waals surface area contributed by atoms with Gasteiger partial charge in [0.2, 0.25) is 5.91 Å². The fraction of sp³-hybridized carbons (Fsp3) is 0.333. The number of non-ortho nitro benzene ring substituents is 1. The monoisotopic (exact) mass is 396 g/mol. The van der Waals surface area contributed by atoms with Gasteiger partial charge in [0.15, 0.2) is 0 Å². The molecule has 2 aromatic carbocycles. The molecule has 29 heavy (non-hydrogen) atoms. The molecule has 0 saturated carbocycles. The van der Waals surface area contributed by atoms with Crippen LogP contribution in [0.3, 0.4) is 0 Å². The number of amides is 2. The van der Waals surface area contributed by atoms with Crippen LogP contribution in [0.4, 0.5) is 11.4 Å². The summed E-state index contributed by atoms with van der Waals surface area (Å²) in [7, 11) is 0. The van der Waals surface area contributed by atoms with Crippen molar-refractivity contribution in [2.75, 3.05) is 38.0 Å². The fourth-order valence-corrected chi connectivity index (χ4v) is 3.25. The molecule has 2 amide bonds. The molecule has 8 nitrogen and oxygen atoms in total. The molecule has 1 aliphatic rings. The van der Waals surface area contributed by atoms with E-state index in [0.29, 0.717) is 51.1 Å². The Bertz CT molecular complexity index is 847. The van der Waals surface area contributed by atoms with Crippen molar-refractivity contribution >= 4 is 23.2 Å². The first-order chi connectivity index (χ1) is 14.0. The van der Waals surface area contributed by atoms with Crippen molar-refractivity contribution in [2.24, 2.45) is 0 Å². The Morgan fingerprint density at radius 2 is 1.55 bits per heavy atom. The number of hydrogen-bond donors (Lipinski definition) is 1. The van der Waals surface area contributed by atoms with Gasteiger partial charge in [-0.15, -0.1) is 0 Å². The molecular weight excluding hydrogens is 372 g/mol. The van der Waals surface area contributed by atoms with Crippen LogP contribution in [0, 0.1) is 10.1 Å². The highest BCUT2D eigenvalue weighted by molar-refractivity contribution is 5.94. The second-order valence-electron chi connectivity index (χ2n) is 6.87. The minimum absolute atomic E-state index is 0.00463. The second-order valence-corrected chi connectivity index (χ2v) is 6.87. The van der Waals surface area contributed by atoms with Crippen molar-refractivity contribution in [2.45, 2.75) is 12.8 Å². The van der Waals surface area contributed by atoms with Crippen molar-refractivity contribution in [3.05, 3.63) is 70.3 Å². The summed E-state index contributed by atoms with van der Waals surface area (Å²) in [5.41, 5.74) is 1.51. The molecule has 152 valence electrons. The van der Waals surface area contributed by atoms with Gasteiger partial charge in [-0.25, -0.2) is 0 Å². The molecule has 2 aromatic rings. The lowest BCUT2D eigenvalue weighted by molar-refractivity contribution is -0.384. The van der Waals surface area contributed by atoms with Gasteiger partial charge in [-0.05, 0) is 30.7 Å². The molecule has 0 bridgehead atoms. The Balaban J connectivity index is 1.36. The van der Waals surface area contributed by atoms with Crippen molar-refractivity contribution < 1.29 is 14.5 Å². The van der Waals surface area contributed by atoms with Gasteiger partial charge in [0.05, 0.1) is 4.92 Å². The number of hydrogen-bond acceptors (Lipinski definition) is 5. The first-order valence-corrected chi connectivity index (χ1v) is 9.65. The first-order valence-electron chi connectivity index (χ1n) is 9.65. The van der Waals surface area contributed by atoms with Crippen LogP contribution in [-0.2, 0) is 4.79 Å². The highest BCUT2D eigenvalue weighted by Crippen LogP contribution is 2.15. The SMILES string of the molecule is O=C(CCCNc1ccc([N+](=O)[O-])cc1)N1CCN(C(=O)c2ccccc2)CC1. The van der Waals surface area contributed by atoms with Gasteiger partial charge < -0.3 is 15.1 Å². The first kappa shape index (κ1) is 20.3. The maximum atomic E-state index is 12.5. The number of anilines is 1.